The molecule has 0 spiro atoms. The van der Waals surface area contributed by atoms with Crippen molar-refractivity contribution >= 4 is 12.0 Å². The van der Waals surface area contributed by atoms with E-state index >= 15 is 0 Å². The third-order valence-electron chi connectivity index (χ3n) is 2.81. The first kappa shape index (κ1) is 15.3. The molecule has 0 aliphatic rings. The van der Waals surface area contributed by atoms with Gasteiger partial charge in [-0.1, -0.05) is 18.2 Å². The maximum atomic E-state index is 13.4. The number of hydrogen-bond acceptors (Lipinski definition) is 4. The monoisotopic (exact) mass is 297 g/mol. The van der Waals surface area contributed by atoms with Gasteiger partial charge in [0.05, 0.1) is 18.7 Å². The van der Waals surface area contributed by atoms with Crippen molar-refractivity contribution in [1.29, 1.82) is 5.26 Å². The second-order valence-electron chi connectivity index (χ2n) is 4.25. The standard InChI is InChI=1S/C17H12FNO3/c1-21-16-10-12(11-19)6-8-15(16)22-17(20)9-7-13-4-2-3-5-14(13)18/h2-10H,1H3/b9-7+. The fraction of sp³-hybridized carbons (Fsp3) is 0.0588. The first-order chi connectivity index (χ1) is 10.6. The molecule has 0 atom stereocenters. The Bertz CT molecular complexity index is 763. The van der Waals surface area contributed by atoms with Gasteiger partial charge in [-0.25, -0.2) is 9.18 Å². The first-order valence-electron chi connectivity index (χ1n) is 6.36. The molecule has 2 aromatic carbocycles. The average Bonchev–Trinajstić information content (AvgIpc) is 2.54. The number of methoxy groups -OCH3 is 1. The molecule has 2 aromatic rings. The Balaban J connectivity index is 2.13. The van der Waals surface area contributed by atoms with Crippen LogP contribution in [0.5, 0.6) is 11.5 Å². The number of halogens is 1. The van der Waals surface area contributed by atoms with E-state index in [9.17, 15) is 9.18 Å². The lowest BCUT2D eigenvalue weighted by molar-refractivity contribution is -0.129. The largest absolute Gasteiger partial charge is 0.493 e. The summed E-state index contributed by atoms with van der Waals surface area (Å²) in [5.74, 6) is -0.648. The molecular formula is C17H12FNO3. The molecule has 0 heterocycles. The third kappa shape index (κ3) is 3.70. The Kier molecular flexibility index (Phi) is 4.89. The highest BCUT2D eigenvalue weighted by Crippen LogP contribution is 2.28. The van der Waals surface area contributed by atoms with Crippen molar-refractivity contribution in [2.45, 2.75) is 0 Å². The summed E-state index contributed by atoms with van der Waals surface area (Å²) in [6.07, 6.45) is 2.45. The quantitative estimate of drug-likeness (QED) is 0.493. The Morgan fingerprint density at radius 3 is 2.68 bits per heavy atom. The lowest BCUT2D eigenvalue weighted by Crippen LogP contribution is -2.05. The number of rotatable bonds is 4. The topological polar surface area (TPSA) is 59.3 Å². The van der Waals surface area contributed by atoms with Crippen LogP contribution in [0.1, 0.15) is 11.1 Å². The number of benzene rings is 2. The molecule has 0 amide bonds. The number of ether oxygens (including phenoxy) is 2. The zero-order valence-corrected chi connectivity index (χ0v) is 11.7. The van der Waals surface area contributed by atoms with Gasteiger partial charge in [0.25, 0.3) is 0 Å². The van der Waals surface area contributed by atoms with Crippen LogP contribution in [0.4, 0.5) is 4.39 Å². The minimum Gasteiger partial charge on any atom is -0.493 e. The van der Waals surface area contributed by atoms with Crippen molar-refractivity contribution in [3.8, 4) is 17.6 Å². The van der Waals surface area contributed by atoms with Gasteiger partial charge < -0.3 is 9.47 Å². The minimum absolute atomic E-state index is 0.185. The second kappa shape index (κ2) is 7.04. The van der Waals surface area contributed by atoms with Gasteiger partial charge in [-0.15, -0.1) is 0 Å². The van der Waals surface area contributed by atoms with Crippen LogP contribution in [0.15, 0.2) is 48.5 Å². The van der Waals surface area contributed by atoms with Crippen molar-refractivity contribution in [1.82, 2.24) is 0 Å². The van der Waals surface area contributed by atoms with Crippen LogP contribution in [0, 0.1) is 17.1 Å². The van der Waals surface area contributed by atoms with Crippen molar-refractivity contribution < 1.29 is 18.7 Å². The summed E-state index contributed by atoms with van der Waals surface area (Å²) in [6.45, 7) is 0. The van der Waals surface area contributed by atoms with E-state index in [2.05, 4.69) is 0 Å². The lowest BCUT2D eigenvalue weighted by atomic mass is 10.2. The summed E-state index contributed by atoms with van der Waals surface area (Å²) in [5.41, 5.74) is 0.671. The van der Waals surface area contributed by atoms with E-state index in [-0.39, 0.29) is 17.1 Å². The molecule has 0 unspecified atom stereocenters. The Morgan fingerprint density at radius 1 is 1.23 bits per heavy atom. The highest BCUT2D eigenvalue weighted by molar-refractivity contribution is 5.89. The molecular weight excluding hydrogens is 285 g/mol. The molecule has 2 rings (SSSR count). The number of esters is 1. The maximum Gasteiger partial charge on any atom is 0.336 e. The van der Waals surface area contributed by atoms with E-state index < -0.39 is 11.8 Å². The van der Waals surface area contributed by atoms with E-state index in [1.54, 1.807) is 18.2 Å². The molecule has 0 aromatic heterocycles. The SMILES string of the molecule is COc1cc(C#N)ccc1OC(=O)/C=C/c1ccccc1F. The van der Waals surface area contributed by atoms with Gasteiger partial charge in [0.15, 0.2) is 11.5 Å². The highest BCUT2D eigenvalue weighted by atomic mass is 19.1. The van der Waals surface area contributed by atoms with Gasteiger partial charge in [0.2, 0.25) is 0 Å². The molecule has 110 valence electrons. The number of hydrogen-bond donors (Lipinski definition) is 0. The fourth-order valence-corrected chi connectivity index (χ4v) is 1.73. The van der Waals surface area contributed by atoms with E-state index in [1.165, 1.54) is 37.5 Å². The number of carbonyl (C=O) groups is 1. The van der Waals surface area contributed by atoms with E-state index in [1.807, 2.05) is 6.07 Å². The maximum absolute atomic E-state index is 13.4. The van der Waals surface area contributed by atoms with Crippen molar-refractivity contribution in [3.63, 3.8) is 0 Å². The lowest BCUT2D eigenvalue weighted by Gasteiger charge is -2.07. The number of carbonyl (C=O) groups excluding carboxylic acids is 1. The predicted molar refractivity (Wildman–Crippen MR) is 78.8 cm³/mol. The van der Waals surface area contributed by atoms with Gasteiger partial charge in [0.1, 0.15) is 5.82 Å². The van der Waals surface area contributed by atoms with Crippen LogP contribution >= 0.6 is 0 Å². The molecule has 0 aliphatic carbocycles. The van der Waals surface area contributed by atoms with Crippen LogP contribution in [0.2, 0.25) is 0 Å². The fourth-order valence-electron chi connectivity index (χ4n) is 1.73. The molecule has 0 bridgehead atoms. The predicted octanol–water partition coefficient (Wildman–Crippen LogP) is 3.32. The van der Waals surface area contributed by atoms with Gasteiger partial charge in [0, 0.05) is 17.7 Å². The smallest absolute Gasteiger partial charge is 0.336 e. The molecule has 5 heteroatoms. The molecule has 0 radical (unpaired) electrons. The summed E-state index contributed by atoms with van der Waals surface area (Å²) in [7, 11) is 1.41. The summed E-state index contributed by atoms with van der Waals surface area (Å²) >= 11 is 0. The van der Waals surface area contributed by atoms with E-state index in [0.29, 0.717) is 5.56 Å². The summed E-state index contributed by atoms with van der Waals surface area (Å²) in [6, 6.07) is 12.5. The minimum atomic E-state index is -0.675. The van der Waals surface area contributed by atoms with Gasteiger partial charge in [-0.05, 0) is 24.3 Å². The molecule has 0 saturated carbocycles. The number of nitriles is 1. The molecule has 0 saturated heterocycles. The van der Waals surface area contributed by atoms with Crippen LogP contribution in [0.3, 0.4) is 0 Å². The number of nitrogens with zero attached hydrogens (tertiary/aromatic N) is 1. The summed E-state index contributed by atoms with van der Waals surface area (Å²) < 4.78 is 23.6. The van der Waals surface area contributed by atoms with Crippen molar-refractivity contribution in [3.05, 3.63) is 65.5 Å². The summed E-state index contributed by atoms with van der Waals surface area (Å²) in [5, 5.41) is 8.81. The average molecular weight is 297 g/mol. The van der Waals surface area contributed by atoms with Crippen LogP contribution in [0.25, 0.3) is 6.08 Å². The Labute approximate surface area is 127 Å². The van der Waals surface area contributed by atoms with E-state index in [4.69, 9.17) is 14.7 Å². The molecule has 0 N–H and O–H groups in total. The van der Waals surface area contributed by atoms with Crippen molar-refractivity contribution in [2.24, 2.45) is 0 Å². The van der Waals surface area contributed by atoms with E-state index in [0.717, 1.165) is 6.08 Å². The highest BCUT2D eigenvalue weighted by Gasteiger charge is 2.09. The normalized spacial score (nSPS) is 10.2. The van der Waals surface area contributed by atoms with Crippen LogP contribution in [-0.4, -0.2) is 13.1 Å². The molecule has 0 aliphatic heterocycles. The Morgan fingerprint density at radius 2 is 2.00 bits per heavy atom. The third-order valence-corrected chi connectivity index (χ3v) is 2.81. The van der Waals surface area contributed by atoms with Gasteiger partial charge >= 0.3 is 5.97 Å². The zero-order valence-electron chi connectivity index (χ0n) is 11.7. The molecule has 0 fully saturated rings. The summed E-state index contributed by atoms with van der Waals surface area (Å²) in [4.78, 5) is 11.8. The second-order valence-corrected chi connectivity index (χ2v) is 4.25. The Hall–Kier alpha value is -3.13. The van der Waals surface area contributed by atoms with Gasteiger partial charge in [-0.2, -0.15) is 5.26 Å². The zero-order chi connectivity index (χ0) is 15.9. The van der Waals surface area contributed by atoms with Crippen LogP contribution < -0.4 is 9.47 Å². The van der Waals surface area contributed by atoms with Crippen LogP contribution in [-0.2, 0) is 4.79 Å². The van der Waals surface area contributed by atoms with Crippen molar-refractivity contribution in [2.75, 3.05) is 7.11 Å². The van der Waals surface area contributed by atoms with Gasteiger partial charge in [-0.3, -0.25) is 0 Å². The molecule has 22 heavy (non-hydrogen) atoms. The molecule has 4 nitrogen and oxygen atoms in total. The first-order valence-corrected chi connectivity index (χ1v) is 6.36.